The first kappa shape index (κ1) is 25.9. The van der Waals surface area contributed by atoms with Crippen LogP contribution >= 0.6 is 11.6 Å². The molecule has 0 aliphatic carbocycles. The number of hydrogen-bond donors (Lipinski definition) is 1. The van der Waals surface area contributed by atoms with Gasteiger partial charge in [0.25, 0.3) is 0 Å². The lowest BCUT2D eigenvalue weighted by Gasteiger charge is -2.28. The maximum absolute atomic E-state index is 11.1. The Bertz CT molecular complexity index is 915. The highest BCUT2D eigenvalue weighted by molar-refractivity contribution is 6.20. The van der Waals surface area contributed by atoms with E-state index in [0.717, 1.165) is 16.7 Å². The maximum atomic E-state index is 11.1. The van der Waals surface area contributed by atoms with Gasteiger partial charge < -0.3 is 24.5 Å². The number of aliphatic carboxylic acids is 1. The third kappa shape index (κ3) is 6.32. The first-order chi connectivity index (χ1) is 14.5. The van der Waals surface area contributed by atoms with Crippen molar-refractivity contribution in [3.8, 4) is 17.2 Å². The molecular weight excluding hydrogens is 428 g/mol. The second-order valence-corrected chi connectivity index (χ2v) is 11.1. The molecule has 0 heterocycles. The lowest BCUT2D eigenvalue weighted by Crippen LogP contribution is -2.47. The number of hydrogen-bond acceptors (Lipinski definition) is 5. The van der Waals surface area contributed by atoms with E-state index in [9.17, 15) is 15.0 Å². The zero-order chi connectivity index (χ0) is 24.5. The topological polar surface area (TPSA) is 78.8 Å². The lowest BCUT2D eigenvalue weighted by molar-refractivity contribution is -0.320. The van der Waals surface area contributed by atoms with Gasteiger partial charge in [0.1, 0.15) is 29.5 Å². The van der Waals surface area contributed by atoms with Crippen molar-refractivity contribution in [2.45, 2.75) is 77.2 Å². The van der Waals surface area contributed by atoms with Gasteiger partial charge in [-0.3, -0.25) is 0 Å². The molecule has 2 aromatic carbocycles. The van der Waals surface area contributed by atoms with E-state index in [1.807, 2.05) is 53.7 Å². The highest BCUT2D eigenvalue weighted by Crippen LogP contribution is 2.42. The third-order valence-corrected chi connectivity index (χ3v) is 5.58. The minimum absolute atomic E-state index is 0.226. The minimum Gasteiger partial charge on any atom is -0.546 e. The number of carboxylic acids is 1. The van der Waals surface area contributed by atoms with Crippen LogP contribution in [0.1, 0.15) is 77.5 Å². The Hall–Kier alpha value is -2.40. The Morgan fingerprint density at radius 1 is 0.938 bits per heavy atom. The molecule has 0 aliphatic rings. The van der Waals surface area contributed by atoms with Crippen molar-refractivity contribution < 1.29 is 24.5 Å². The maximum Gasteiger partial charge on any atom is 0.143 e. The first-order valence-electron chi connectivity index (χ1n) is 10.7. The molecule has 1 atom stereocenters. The third-order valence-electron chi connectivity index (χ3n) is 5.20. The van der Waals surface area contributed by atoms with Gasteiger partial charge in [0.05, 0.1) is 11.3 Å². The van der Waals surface area contributed by atoms with Crippen LogP contribution in [0.5, 0.6) is 17.2 Å². The summed E-state index contributed by atoms with van der Waals surface area (Å²) in [5, 5.41) is 21.5. The highest BCUT2D eigenvalue weighted by Gasteiger charge is 2.27. The second kappa shape index (κ2) is 9.22. The molecule has 5 nitrogen and oxygen atoms in total. The van der Waals surface area contributed by atoms with Gasteiger partial charge in [-0.15, -0.1) is 11.6 Å². The standard InChI is InChI=1S/C26H35ClO5/c1-24(2,3)19-13-18(14-20(22(19)28)25(4,5)6)31-15-21(27)16-9-11-17(12-10-16)32-26(7,8)23(29)30/h9-14,21,28H,15H2,1-8H3,(H,29,30)/p-1. The number of aromatic hydroxyl groups is 1. The smallest absolute Gasteiger partial charge is 0.143 e. The number of benzene rings is 2. The molecule has 0 saturated carbocycles. The van der Waals surface area contributed by atoms with E-state index in [1.165, 1.54) is 13.8 Å². The lowest BCUT2D eigenvalue weighted by atomic mass is 9.79. The molecule has 2 aromatic rings. The first-order valence-corrected chi connectivity index (χ1v) is 11.1. The van der Waals surface area contributed by atoms with Crippen LogP contribution in [0.4, 0.5) is 0 Å². The Morgan fingerprint density at radius 3 is 1.81 bits per heavy atom. The summed E-state index contributed by atoms with van der Waals surface area (Å²) in [6, 6.07) is 10.6. The average Bonchev–Trinajstić information content (AvgIpc) is 2.65. The number of carbonyl (C=O) groups is 1. The predicted octanol–water partition coefficient (Wildman–Crippen LogP) is 5.25. The number of halogens is 1. The molecule has 0 amide bonds. The van der Waals surface area contributed by atoms with Crippen molar-refractivity contribution in [2.75, 3.05) is 6.61 Å². The van der Waals surface area contributed by atoms with Crippen molar-refractivity contribution >= 4 is 17.6 Å². The average molecular weight is 462 g/mol. The van der Waals surface area contributed by atoms with Crippen molar-refractivity contribution in [1.82, 2.24) is 0 Å². The summed E-state index contributed by atoms with van der Waals surface area (Å²) in [5.41, 5.74) is 0.527. The Morgan fingerprint density at radius 2 is 1.41 bits per heavy atom. The molecule has 2 rings (SSSR count). The Balaban J connectivity index is 2.19. The quantitative estimate of drug-likeness (QED) is 0.569. The molecule has 0 saturated heterocycles. The summed E-state index contributed by atoms with van der Waals surface area (Å²) in [4.78, 5) is 11.1. The number of phenolic OH excluding ortho intramolecular Hbond substituents is 1. The summed E-state index contributed by atoms with van der Waals surface area (Å²) >= 11 is 6.56. The van der Waals surface area contributed by atoms with E-state index < -0.39 is 16.9 Å². The number of alkyl halides is 1. The fourth-order valence-corrected chi connectivity index (χ4v) is 3.39. The summed E-state index contributed by atoms with van der Waals surface area (Å²) in [6.45, 7) is 15.4. The van der Waals surface area contributed by atoms with Gasteiger partial charge in [-0.25, -0.2) is 0 Å². The van der Waals surface area contributed by atoms with Crippen molar-refractivity contribution in [1.29, 1.82) is 0 Å². The number of carboxylic acid groups (broad SMARTS) is 1. The van der Waals surface area contributed by atoms with E-state index in [4.69, 9.17) is 21.1 Å². The Labute approximate surface area is 196 Å². The number of ether oxygens (including phenoxy) is 2. The summed E-state index contributed by atoms with van der Waals surface area (Å²) < 4.78 is 11.5. The molecule has 1 unspecified atom stereocenters. The van der Waals surface area contributed by atoms with Crippen molar-refractivity contribution in [3.63, 3.8) is 0 Å². The monoisotopic (exact) mass is 461 g/mol. The van der Waals surface area contributed by atoms with Crippen LogP contribution < -0.4 is 14.6 Å². The van der Waals surface area contributed by atoms with Crippen LogP contribution in [-0.4, -0.2) is 23.3 Å². The molecule has 0 fully saturated rings. The zero-order valence-electron chi connectivity index (χ0n) is 20.2. The van der Waals surface area contributed by atoms with Gasteiger partial charge >= 0.3 is 0 Å². The van der Waals surface area contributed by atoms with Gasteiger partial charge in [-0.1, -0.05) is 53.7 Å². The molecule has 0 aromatic heterocycles. The van der Waals surface area contributed by atoms with Gasteiger partial charge in [-0.2, -0.15) is 0 Å². The number of phenols is 1. The molecule has 0 bridgehead atoms. The van der Waals surface area contributed by atoms with Crippen LogP contribution in [0.2, 0.25) is 0 Å². The zero-order valence-corrected chi connectivity index (χ0v) is 21.0. The van der Waals surface area contributed by atoms with Crippen LogP contribution in [0.15, 0.2) is 36.4 Å². The van der Waals surface area contributed by atoms with E-state index >= 15 is 0 Å². The highest BCUT2D eigenvalue weighted by atomic mass is 35.5. The second-order valence-electron chi connectivity index (χ2n) is 10.6. The fraction of sp³-hybridized carbons (Fsp3) is 0.500. The summed E-state index contributed by atoms with van der Waals surface area (Å²) in [7, 11) is 0. The van der Waals surface area contributed by atoms with Gasteiger partial charge in [0.15, 0.2) is 0 Å². The SMILES string of the molecule is CC(C)(Oc1ccc(C(Cl)COc2cc(C(C)(C)C)c(O)c(C(C)(C)C)c2)cc1)C(=O)[O-]. The molecular formula is C26H34ClO5-. The number of carbonyl (C=O) groups excluding carboxylic acids is 1. The largest absolute Gasteiger partial charge is 0.546 e. The van der Waals surface area contributed by atoms with Gasteiger partial charge in [-0.05, 0) is 54.5 Å². The fourth-order valence-electron chi connectivity index (χ4n) is 3.18. The van der Waals surface area contributed by atoms with Crippen molar-refractivity contribution in [2.24, 2.45) is 0 Å². The van der Waals surface area contributed by atoms with E-state index in [-0.39, 0.29) is 17.4 Å². The summed E-state index contributed by atoms with van der Waals surface area (Å²) in [5.74, 6) is 0.0769. The molecule has 32 heavy (non-hydrogen) atoms. The molecule has 0 aliphatic heterocycles. The van der Waals surface area contributed by atoms with Crippen molar-refractivity contribution in [3.05, 3.63) is 53.1 Å². The minimum atomic E-state index is -1.43. The van der Waals surface area contributed by atoms with Crippen LogP contribution in [0.25, 0.3) is 0 Å². The Kier molecular flexibility index (Phi) is 7.45. The summed E-state index contributed by atoms with van der Waals surface area (Å²) in [6.07, 6.45) is 0. The molecule has 176 valence electrons. The normalized spacial score (nSPS) is 13.5. The van der Waals surface area contributed by atoms with Gasteiger partial charge in [0, 0.05) is 11.1 Å². The number of rotatable bonds is 7. The predicted molar refractivity (Wildman–Crippen MR) is 126 cm³/mol. The van der Waals surface area contributed by atoms with E-state index in [0.29, 0.717) is 17.2 Å². The molecule has 0 radical (unpaired) electrons. The van der Waals surface area contributed by atoms with Gasteiger partial charge in [0.2, 0.25) is 0 Å². The van der Waals surface area contributed by atoms with E-state index in [1.54, 1.807) is 24.3 Å². The van der Waals surface area contributed by atoms with E-state index in [2.05, 4.69) is 0 Å². The molecule has 6 heteroatoms. The van der Waals surface area contributed by atoms with Crippen LogP contribution in [0, 0.1) is 0 Å². The molecule has 0 spiro atoms. The van der Waals surface area contributed by atoms with Crippen LogP contribution in [-0.2, 0) is 15.6 Å². The molecule has 1 N–H and O–H groups in total. The van der Waals surface area contributed by atoms with Crippen LogP contribution in [0.3, 0.4) is 0 Å².